The van der Waals surface area contributed by atoms with Crippen molar-refractivity contribution in [2.24, 2.45) is 11.3 Å². The highest BCUT2D eigenvalue weighted by Crippen LogP contribution is 2.59. The van der Waals surface area contributed by atoms with Crippen LogP contribution in [-0.2, 0) is 11.2 Å². The molecule has 144 valence electrons. The Morgan fingerprint density at radius 1 is 1.08 bits per heavy atom. The summed E-state index contributed by atoms with van der Waals surface area (Å²) in [6.45, 7) is 2.31. The highest BCUT2D eigenvalue weighted by atomic mass is 16.4. The van der Waals surface area contributed by atoms with Crippen LogP contribution in [0.25, 0.3) is 0 Å². The van der Waals surface area contributed by atoms with E-state index in [4.69, 9.17) is 5.11 Å². The Kier molecular flexibility index (Phi) is 6.78. The first-order chi connectivity index (χ1) is 12.7. The van der Waals surface area contributed by atoms with Crippen molar-refractivity contribution in [3.05, 3.63) is 35.4 Å². The van der Waals surface area contributed by atoms with Crippen LogP contribution in [0.5, 0.6) is 0 Å². The molecule has 2 fully saturated rings. The van der Waals surface area contributed by atoms with E-state index in [0.29, 0.717) is 17.8 Å². The van der Waals surface area contributed by atoms with Crippen molar-refractivity contribution in [2.45, 2.75) is 96.3 Å². The molecule has 2 nitrogen and oxygen atoms in total. The molecule has 0 aromatic heterocycles. The van der Waals surface area contributed by atoms with Crippen LogP contribution in [0.2, 0.25) is 0 Å². The first kappa shape index (κ1) is 19.5. The van der Waals surface area contributed by atoms with Gasteiger partial charge in [0.25, 0.3) is 0 Å². The average Bonchev–Trinajstić information content (AvgIpc) is 2.66. The zero-order chi connectivity index (χ0) is 18.4. The fourth-order valence-electron chi connectivity index (χ4n) is 5.96. The van der Waals surface area contributed by atoms with E-state index in [2.05, 4.69) is 31.2 Å². The SMILES string of the molecule is CCCCC[C@]12CCCC[C@@H]1CCCC2c1ccc(CCC(=O)O)cc1. The number of carbonyl (C=O) groups is 1. The summed E-state index contributed by atoms with van der Waals surface area (Å²) < 4.78 is 0. The molecule has 1 aromatic carbocycles. The third kappa shape index (κ3) is 4.32. The minimum atomic E-state index is -0.707. The Hall–Kier alpha value is -1.31. The van der Waals surface area contributed by atoms with Gasteiger partial charge in [-0.2, -0.15) is 0 Å². The predicted octanol–water partition coefficient (Wildman–Crippen LogP) is 6.73. The summed E-state index contributed by atoms with van der Waals surface area (Å²) in [6.07, 6.45) is 16.2. The van der Waals surface area contributed by atoms with Gasteiger partial charge in [0.2, 0.25) is 0 Å². The Balaban J connectivity index is 1.79. The van der Waals surface area contributed by atoms with Gasteiger partial charge in [0.05, 0.1) is 0 Å². The molecule has 0 amide bonds. The summed E-state index contributed by atoms with van der Waals surface area (Å²) in [4.78, 5) is 10.8. The molecule has 2 aliphatic carbocycles. The lowest BCUT2D eigenvalue weighted by molar-refractivity contribution is -0.136. The standard InChI is InChI=1S/C24H36O2/c1-2-3-5-17-24-18-6-4-8-21(24)9-7-10-22(24)20-14-11-19(12-15-20)13-16-23(25)26/h11-12,14-15,21-22H,2-10,13,16-18H2,1H3,(H,25,26)/t21-,22?,24+/m1/s1. The number of hydrogen-bond acceptors (Lipinski definition) is 1. The van der Waals surface area contributed by atoms with Gasteiger partial charge in [-0.15, -0.1) is 0 Å². The molecule has 0 radical (unpaired) electrons. The van der Waals surface area contributed by atoms with Crippen LogP contribution in [0.3, 0.4) is 0 Å². The van der Waals surface area contributed by atoms with Gasteiger partial charge in [-0.05, 0) is 66.9 Å². The Morgan fingerprint density at radius 3 is 2.58 bits per heavy atom. The van der Waals surface area contributed by atoms with Crippen molar-refractivity contribution < 1.29 is 9.90 Å². The summed E-state index contributed by atoms with van der Waals surface area (Å²) in [5.41, 5.74) is 3.22. The number of hydrogen-bond donors (Lipinski definition) is 1. The average molecular weight is 357 g/mol. The molecule has 0 heterocycles. The Morgan fingerprint density at radius 2 is 1.85 bits per heavy atom. The number of unbranched alkanes of at least 4 members (excludes halogenated alkanes) is 2. The van der Waals surface area contributed by atoms with Crippen molar-refractivity contribution in [2.75, 3.05) is 0 Å². The number of carboxylic acid groups (broad SMARTS) is 1. The van der Waals surface area contributed by atoms with E-state index in [1.54, 1.807) is 0 Å². The lowest BCUT2D eigenvalue weighted by Crippen LogP contribution is -2.42. The van der Waals surface area contributed by atoms with Crippen LogP contribution in [0.1, 0.15) is 101 Å². The van der Waals surface area contributed by atoms with Gasteiger partial charge in [0.1, 0.15) is 0 Å². The molecule has 2 saturated carbocycles. The molecule has 2 aliphatic rings. The fourth-order valence-corrected chi connectivity index (χ4v) is 5.96. The molecule has 0 aliphatic heterocycles. The van der Waals surface area contributed by atoms with Crippen LogP contribution >= 0.6 is 0 Å². The summed E-state index contributed by atoms with van der Waals surface area (Å²) >= 11 is 0. The van der Waals surface area contributed by atoms with Gasteiger partial charge in [-0.3, -0.25) is 4.79 Å². The van der Waals surface area contributed by atoms with Gasteiger partial charge in [-0.25, -0.2) is 0 Å². The van der Waals surface area contributed by atoms with Crippen LogP contribution in [0, 0.1) is 11.3 Å². The van der Waals surface area contributed by atoms with E-state index in [9.17, 15) is 4.79 Å². The molecule has 1 aromatic rings. The third-order valence-corrected chi connectivity index (χ3v) is 7.25. The second-order valence-corrected chi connectivity index (χ2v) is 8.75. The van der Waals surface area contributed by atoms with Crippen LogP contribution in [-0.4, -0.2) is 11.1 Å². The molecule has 0 spiro atoms. The van der Waals surface area contributed by atoms with Gasteiger partial charge in [-0.1, -0.05) is 69.7 Å². The summed E-state index contributed by atoms with van der Waals surface area (Å²) in [6, 6.07) is 9.01. The maximum Gasteiger partial charge on any atom is 0.303 e. The molecular formula is C24H36O2. The van der Waals surface area contributed by atoms with E-state index < -0.39 is 5.97 Å². The second kappa shape index (κ2) is 9.06. The maximum absolute atomic E-state index is 10.8. The summed E-state index contributed by atoms with van der Waals surface area (Å²) in [5, 5.41) is 8.90. The number of aryl methyl sites for hydroxylation is 1. The molecular weight excluding hydrogens is 320 g/mol. The lowest BCUT2D eigenvalue weighted by Gasteiger charge is -2.53. The van der Waals surface area contributed by atoms with E-state index in [1.807, 2.05) is 0 Å². The number of rotatable bonds is 8. The Bertz CT molecular complexity index is 574. The van der Waals surface area contributed by atoms with E-state index in [0.717, 1.165) is 11.5 Å². The number of carboxylic acids is 1. The van der Waals surface area contributed by atoms with Crippen LogP contribution in [0.15, 0.2) is 24.3 Å². The van der Waals surface area contributed by atoms with E-state index in [-0.39, 0.29) is 6.42 Å². The largest absolute Gasteiger partial charge is 0.481 e. The van der Waals surface area contributed by atoms with Crippen LogP contribution in [0.4, 0.5) is 0 Å². The summed E-state index contributed by atoms with van der Waals surface area (Å²) in [7, 11) is 0. The lowest BCUT2D eigenvalue weighted by atomic mass is 9.51. The zero-order valence-corrected chi connectivity index (χ0v) is 16.5. The third-order valence-electron chi connectivity index (χ3n) is 7.25. The first-order valence-corrected chi connectivity index (χ1v) is 11.0. The van der Waals surface area contributed by atoms with Crippen molar-refractivity contribution in [1.82, 2.24) is 0 Å². The van der Waals surface area contributed by atoms with Crippen molar-refractivity contribution in [3.63, 3.8) is 0 Å². The number of aliphatic carboxylic acids is 1. The molecule has 0 saturated heterocycles. The normalized spacial score (nSPS) is 28.5. The molecule has 1 N–H and O–H groups in total. The van der Waals surface area contributed by atoms with Gasteiger partial charge in [0.15, 0.2) is 0 Å². The van der Waals surface area contributed by atoms with Crippen molar-refractivity contribution in [1.29, 1.82) is 0 Å². The molecule has 3 atom stereocenters. The van der Waals surface area contributed by atoms with E-state index >= 15 is 0 Å². The van der Waals surface area contributed by atoms with Crippen LogP contribution < -0.4 is 0 Å². The summed E-state index contributed by atoms with van der Waals surface area (Å²) in [5.74, 6) is 0.937. The fraction of sp³-hybridized carbons (Fsp3) is 0.708. The molecule has 0 bridgehead atoms. The highest BCUT2D eigenvalue weighted by molar-refractivity contribution is 5.67. The van der Waals surface area contributed by atoms with Crippen molar-refractivity contribution >= 4 is 5.97 Å². The van der Waals surface area contributed by atoms with Gasteiger partial charge < -0.3 is 5.11 Å². The minimum absolute atomic E-state index is 0.228. The number of fused-ring (bicyclic) bond motifs is 1. The van der Waals surface area contributed by atoms with Crippen molar-refractivity contribution in [3.8, 4) is 0 Å². The Labute approximate surface area is 159 Å². The van der Waals surface area contributed by atoms with Gasteiger partial charge in [0, 0.05) is 6.42 Å². The smallest absolute Gasteiger partial charge is 0.303 e. The molecule has 1 unspecified atom stereocenters. The minimum Gasteiger partial charge on any atom is -0.481 e. The monoisotopic (exact) mass is 356 g/mol. The molecule has 3 rings (SSSR count). The quantitative estimate of drug-likeness (QED) is 0.524. The zero-order valence-electron chi connectivity index (χ0n) is 16.5. The van der Waals surface area contributed by atoms with Gasteiger partial charge >= 0.3 is 5.97 Å². The molecule has 26 heavy (non-hydrogen) atoms. The molecule has 2 heteroatoms. The predicted molar refractivity (Wildman–Crippen MR) is 108 cm³/mol. The first-order valence-electron chi connectivity index (χ1n) is 11.0. The maximum atomic E-state index is 10.8. The number of benzene rings is 1. The highest BCUT2D eigenvalue weighted by Gasteiger charge is 2.48. The second-order valence-electron chi connectivity index (χ2n) is 8.75. The van der Waals surface area contributed by atoms with E-state index in [1.165, 1.54) is 76.2 Å². The topological polar surface area (TPSA) is 37.3 Å².